The van der Waals surface area contributed by atoms with Crippen LogP contribution in [0, 0.1) is 0 Å². The molecule has 0 aliphatic carbocycles. The Balaban J connectivity index is 2.18. The van der Waals surface area contributed by atoms with Crippen LogP contribution in [-0.4, -0.2) is 18.4 Å². The Morgan fingerprint density at radius 1 is 0.950 bits per heavy atom. The summed E-state index contributed by atoms with van der Waals surface area (Å²) in [6.45, 7) is 0. The lowest BCUT2D eigenvalue weighted by atomic mass is 10.3. The van der Waals surface area contributed by atoms with Crippen LogP contribution in [0.3, 0.4) is 0 Å². The molecule has 0 atom stereocenters. The largest absolute Gasteiger partial charge is 0.252 e. The van der Waals surface area contributed by atoms with E-state index in [0.29, 0.717) is 11.0 Å². The van der Waals surface area contributed by atoms with Crippen molar-refractivity contribution in [3.8, 4) is 0 Å². The number of hydrogen-bond acceptors (Lipinski definition) is 4. The molecule has 1 heterocycles. The molecule has 100 valence electrons. The van der Waals surface area contributed by atoms with Gasteiger partial charge in [-0.2, -0.15) is 0 Å². The Bertz CT molecular complexity index is 880. The van der Waals surface area contributed by atoms with Gasteiger partial charge >= 0.3 is 0 Å². The van der Waals surface area contributed by atoms with E-state index in [1.54, 1.807) is 48.5 Å². The van der Waals surface area contributed by atoms with E-state index >= 15 is 0 Å². The third kappa shape index (κ3) is 2.32. The minimum Gasteiger partial charge on any atom is -0.252 e. The van der Waals surface area contributed by atoms with Gasteiger partial charge in [0.25, 0.3) is 0 Å². The number of rotatable bonds is 2. The standard InChI is InChI=1S/C14H9BrN2O2S/c15-10-6-7-12-13(8-10)16-9-14(17-12)20(18,19)11-4-2-1-3-5-11/h1-9H. The third-order valence-corrected chi connectivity index (χ3v) is 4.94. The number of benzene rings is 2. The van der Waals surface area contributed by atoms with E-state index in [9.17, 15) is 8.42 Å². The first kappa shape index (κ1) is 13.2. The van der Waals surface area contributed by atoms with Crippen molar-refractivity contribution in [2.24, 2.45) is 0 Å². The molecule has 0 bridgehead atoms. The SMILES string of the molecule is O=S(=O)(c1ccccc1)c1cnc2cc(Br)ccc2n1. The monoisotopic (exact) mass is 348 g/mol. The first-order chi connectivity index (χ1) is 9.57. The Hall–Kier alpha value is -1.79. The summed E-state index contributed by atoms with van der Waals surface area (Å²) in [4.78, 5) is 8.57. The fraction of sp³-hybridized carbons (Fsp3) is 0. The summed E-state index contributed by atoms with van der Waals surface area (Å²) in [5, 5.41) is -0.0430. The lowest BCUT2D eigenvalue weighted by molar-refractivity contribution is 0.592. The number of aromatic nitrogens is 2. The molecule has 0 amide bonds. The van der Waals surface area contributed by atoms with Gasteiger partial charge in [-0.25, -0.2) is 13.4 Å². The van der Waals surface area contributed by atoms with Gasteiger partial charge in [0.1, 0.15) is 0 Å². The first-order valence-electron chi connectivity index (χ1n) is 5.80. The minimum absolute atomic E-state index is 0.0430. The van der Waals surface area contributed by atoms with Crippen LogP contribution < -0.4 is 0 Å². The smallest absolute Gasteiger partial charge is 0.225 e. The van der Waals surface area contributed by atoms with Gasteiger partial charge in [0.2, 0.25) is 9.84 Å². The highest BCUT2D eigenvalue weighted by Crippen LogP contribution is 2.21. The molecule has 0 aliphatic rings. The molecule has 6 heteroatoms. The van der Waals surface area contributed by atoms with Gasteiger partial charge in [-0.15, -0.1) is 0 Å². The van der Waals surface area contributed by atoms with E-state index in [1.165, 1.54) is 6.20 Å². The molecule has 0 spiro atoms. The molecular weight excluding hydrogens is 340 g/mol. The number of sulfone groups is 1. The van der Waals surface area contributed by atoms with Crippen LogP contribution in [0.2, 0.25) is 0 Å². The zero-order valence-electron chi connectivity index (χ0n) is 10.2. The van der Waals surface area contributed by atoms with Crippen molar-refractivity contribution in [1.29, 1.82) is 0 Å². The van der Waals surface area contributed by atoms with Gasteiger partial charge in [-0.3, -0.25) is 4.98 Å². The maximum absolute atomic E-state index is 12.4. The molecule has 0 saturated heterocycles. The van der Waals surface area contributed by atoms with E-state index in [1.807, 2.05) is 0 Å². The quantitative estimate of drug-likeness (QED) is 0.713. The van der Waals surface area contributed by atoms with Gasteiger partial charge in [-0.05, 0) is 30.3 Å². The summed E-state index contributed by atoms with van der Waals surface area (Å²) in [6.07, 6.45) is 1.29. The first-order valence-corrected chi connectivity index (χ1v) is 8.07. The van der Waals surface area contributed by atoms with Gasteiger partial charge in [0.05, 0.1) is 22.1 Å². The second-order valence-corrected chi connectivity index (χ2v) is 6.97. The van der Waals surface area contributed by atoms with Crippen molar-refractivity contribution in [3.05, 3.63) is 59.2 Å². The molecule has 0 fully saturated rings. The maximum atomic E-state index is 12.4. The van der Waals surface area contributed by atoms with Gasteiger partial charge < -0.3 is 0 Å². The molecule has 1 aromatic heterocycles. The minimum atomic E-state index is -3.63. The topological polar surface area (TPSA) is 59.9 Å². The van der Waals surface area contributed by atoms with Crippen LogP contribution in [0.1, 0.15) is 0 Å². The van der Waals surface area contributed by atoms with E-state index in [-0.39, 0.29) is 9.92 Å². The van der Waals surface area contributed by atoms with E-state index in [2.05, 4.69) is 25.9 Å². The Morgan fingerprint density at radius 3 is 2.45 bits per heavy atom. The Morgan fingerprint density at radius 2 is 1.70 bits per heavy atom. The molecule has 3 rings (SSSR count). The summed E-state index contributed by atoms with van der Waals surface area (Å²) < 4.78 is 25.7. The number of hydrogen-bond donors (Lipinski definition) is 0. The highest BCUT2D eigenvalue weighted by molar-refractivity contribution is 9.10. The number of nitrogens with zero attached hydrogens (tertiary/aromatic N) is 2. The van der Waals surface area contributed by atoms with E-state index in [0.717, 1.165) is 4.47 Å². The fourth-order valence-corrected chi connectivity index (χ4v) is 3.33. The fourth-order valence-electron chi connectivity index (χ4n) is 1.82. The molecular formula is C14H9BrN2O2S. The lowest BCUT2D eigenvalue weighted by Gasteiger charge is -2.04. The molecule has 3 aromatic rings. The molecule has 0 aliphatic heterocycles. The molecule has 20 heavy (non-hydrogen) atoms. The molecule has 0 radical (unpaired) electrons. The molecule has 2 aromatic carbocycles. The summed E-state index contributed by atoms with van der Waals surface area (Å²) in [5.74, 6) is 0. The van der Waals surface area contributed by atoms with Crippen molar-refractivity contribution in [1.82, 2.24) is 9.97 Å². The highest BCUT2D eigenvalue weighted by atomic mass is 79.9. The summed E-state index contributed by atoms with van der Waals surface area (Å²) in [6, 6.07) is 13.5. The lowest BCUT2D eigenvalue weighted by Crippen LogP contribution is -2.05. The second-order valence-electron chi connectivity index (χ2n) is 4.16. The Labute approximate surface area is 124 Å². The van der Waals surface area contributed by atoms with Crippen LogP contribution in [0.4, 0.5) is 0 Å². The van der Waals surface area contributed by atoms with Crippen molar-refractivity contribution in [3.63, 3.8) is 0 Å². The molecule has 0 N–H and O–H groups in total. The molecule has 4 nitrogen and oxygen atoms in total. The van der Waals surface area contributed by atoms with E-state index < -0.39 is 9.84 Å². The predicted octanol–water partition coefficient (Wildman–Crippen LogP) is 3.23. The third-order valence-electron chi connectivity index (χ3n) is 2.81. The number of halogens is 1. The molecule has 0 unspecified atom stereocenters. The zero-order valence-corrected chi connectivity index (χ0v) is 12.6. The zero-order chi connectivity index (χ0) is 14.2. The van der Waals surface area contributed by atoms with Crippen molar-refractivity contribution >= 4 is 36.8 Å². The van der Waals surface area contributed by atoms with Crippen LogP contribution in [-0.2, 0) is 9.84 Å². The Kier molecular flexibility index (Phi) is 3.27. The van der Waals surface area contributed by atoms with Gasteiger partial charge in [-0.1, -0.05) is 34.1 Å². The second kappa shape index (κ2) is 4.96. The van der Waals surface area contributed by atoms with Crippen LogP contribution in [0.15, 0.2) is 69.1 Å². The predicted molar refractivity (Wildman–Crippen MR) is 79.1 cm³/mol. The summed E-state index contributed by atoms with van der Waals surface area (Å²) >= 11 is 3.34. The maximum Gasteiger partial charge on any atom is 0.225 e. The summed E-state index contributed by atoms with van der Waals surface area (Å²) in [7, 11) is -3.63. The summed E-state index contributed by atoms with van der Waals surface area (Å²) in [5.41, 5.74) is 1.19. The van der Waals surface area contributed by atoms with Crippen LogP contribution >= 0.6 is 15.9 Å². The van der Waals surface area contributed by atoms with Crippen molar-refractivity contribution < 1.29 is 8.42 Å². The van der Waals surface area contributed by atoms with Gasteiger partial charge in [0.15, 0.2) is 5.03 Å². The average Bonchev–Trinajstić information content (AvgIpc) is 2.47. The van der Waals surface area contributed by atoms with Crippen molar-refractivity contribution in [2.45, 2.75) is 9.92 Å². The molecule has 0 saturated carbocycles. The van der Waals surface area contributed by atoms with Crippen molar-refractivity contribution in [2.75, 3.05) is 0 Å². The normalized spacial score (nSPS) is 11.7. The average molecular weight is 349 g/mol. The number of fused-ring (bicyclic) bond motifs is 1. The van der Waals surface area contributed by atoms with Gasteiger partial charge in [0, 0.05) is 4.47 Å². The van der Waals surface area contributed by atoms with Crippen LogP contribution in [0.25, 0.3) is 11.0 Å². The van der Waals surface area contributed by atoms with E-state index in [4.69, 9.17) is 0 Å². The highest BCUT2D eigenvalue weighted by Gasteiger charge is 2.19. The van der Waals surface area contributed by atoms with Crippen LogP contribution in [0.5, 0.6) is 0 Å².